The van der Waals surface area contributed by atoms with E-state index in [0.29, 0.717) is 5.92 Å². The highest BCUT2D eigenvalue weighted by Gasteiger charge is 2.24. The van der Waals surface area contributed by atoms with Crippen molar-refractivity contribution >= 4 is 12.1 Å². The standard InChI is InChI=1S/C16H31NO4/c1-11(2)10-13(12(3)4)14(18)20-9-8-17-15(19)21-16(5,6)7/h11-13H,8-10H2,1-7H3,(H,17,19). The van der Waals surface area contributed by atoms with E-state index in [1.165, 1.54) is 0 Å². The number of hydrogen-bond acceptors (Lipinski definition) is 4. The largest absolute Gasteiger partial charge is 0.464 e. The molecular weight excluding hydrogens is 270 g/mol. The average Bonchev–Trinajstić information content (AvgIpc) is 2.28. The van der Waals surface area contributed by atoms with Gasteiger partial charge in [-0.2, -0.15) is 0 Å². The lowest BCUT2D eigenvalue weighted by atomic mass is 9.88. The van der Waals surface area contributed by atoms with E-state index in [1.54, 1.807) is 20.8 Å². The summed E-state index contributed by atoms with van der Waals surface area (Å²) >= 11 is 0. The molecule has 0 heterocycles. The Morgan fingerprint density at radius 3 is 2.10 bits per heavy atom. The maximum absolute atomic E-state index is 12.0. The van der Waals surface area contributed by atoms with Gasteiger partial charge in [-0.3, -0.25) is 4.79 Å². The summed E-state index contributed by atoms with van der Waals surface area (Å²) in [6.45, 7) is 14.0. The Morgan fingerprint density at radius 2 is 1.67 bits per heavy atom. The van der Waals surface area contributed by atoms with Crippen LogP contribution in [0.15, 0.2) is 0 Å². The third-order valence-electron chi connectivity index (χ3n) is 2.85. The Labute approximate surface area is 128 Å². The molecule has 0 aromatic rings. The van der Waals surface area contributed by atoms with Crippen LogP contribution in [0.5, 0.6) is 0 Å². The third kappa shape index (κ3) is 10.2. The number of carbonyl (C=O) groups is 2. The molecule has 0 rings (SSSR count). The van der Waals surface area contributed by atoms with Crippen molar-refractivity contribution in [2.45, 2.75) is 60.5 Å². The van der Waals surface area contributed by atoms with Gasteiger partial charge in [0, 0.05) is 0 Å². The first-order valence-corrected chi connectivity index (χ1v) is 7.66. The molecule has 1 atom stereocenters. The lowest BCUT2D eigenvalue weighted by Gasteiger charge is -2.22. The van der Waals surface area contributed by atoms with Crippen LogP contribution in [0.25, 0.3) is 0 Å². The van der Waals surface area contributed by atoms with Gasteiger partial charge in [-0.15, -0.1) is 0 Å². The molecule has 0 saturated heterocycles. The zero-order valence-corrected chi connectivity index (χ0v) is 14.5. The molecule has 1 N–H and O–H groups in total. The summed E-state index contributed by atoms with van der Waals surface area (Å²) in [6, 6.07) is 0. The first kappa shape index (κ1) is 19.7. The molecule has 0 bridgehead atoms. The van der Waals surface area contributed by atoms with Crippen molar-refractivity contribution in [2.75, 3.05) is 13.2 Å². The molecular formula is C16H31NO4. The predicted octanol–water partition coefficient (Wildman–Crippen LogP) is 3.37. The zero-order valence-electron chi connectivity index (χ0n) is 14.5. The molecule has 0 spiro atoms. The van der Waals surface area contributed by atoms with Crippen molar-refractivity contribution < 1.29 is 19.1 Å². The fraction of sp³-hybridized carbons (Fsp3) is 0.875. The molecule has 0 radical (unpaired) electrons. The van der Waals surface area contributed by atoms with Gasteiger partial charge < -0.3 is 14.8 Å². The fourth-order valence-electron chi connectivity index (χ4n) is 1.87. The minimum absolute atomic E-state index is 0.0912. The highest BCUT2D eigenvalue weighted by molar-refractivity contribution is 5.72. The van der Waals surface area contributed by atoms with Gasteiger partial charge in [0.2, 0.25) is 0 Å². The molecule has 124 valence electrons. The number of carbonyl (C=O) groups excluding carboxylic acids is 2. The normalized spacial score (nSPS) is 13.2. The van der Waals surface area contributed by atoms with Crippen molar-refractivity contribution in [2.24, 2.45) is 17.8 Å². The Balaban J connectivity index is 4.05. The van der Waals surface area contributed by atoms with Crippen LogP contribution < -0.4 is 5.32 Å². The van der Waals surface area contributed by atoms with Crippen LogP contribution in [0.3, 0.4) is 0 Å². The van der Waals surface area contributed by atoms with Gasteiger partial charge in [-0.05, 0) is 39.0 Å². The minimum Gasteiger partial charge on any atom is -0.464 e. The van der Waals surface area contributed by atoms with Gasteiger partial charge in [-0.25, -0.2) is 4.79 Å². The number of amides is 1. The molecule has 0 saturated carbocycles. The molecule has 0 aliphatic rings. The molecule has 0 aromatic heterocycles. The molecule has 0 aliphatic carbocycles. The van der Waals surface area contributed by atoms with E-state index in [2.05, 4.69) is 19.2 Å². The molecule has 1 unspecified atom stereocenters. The second kappa shape index (κ2) is 8.90. The molecule has 5 nitrogen and oxygen atoms in total. The summed E-state index contributed by atoms with van der Waals surface area (Å²) < 4.78 is 10.3. The lowest BCUT2D eigenvalue weighted by molar-refractivity contribution is -0.150. The van der Waals surface area contributed by atoms with Crippen molar-refractivity contribution in [1.29, 1.82) is 0 Å². The first-order valence-electron chi connectivity index (χ1n) is 7.66. The van der Waals surface area contributed by atoms with Crippen LogP contribution in [0, 0.1) is 17.8 Å². The van der Waals surface area contributed by atoms with Crippen LogP contribution in [0.4, 0.5) is 4.79 Å². The molecule has 0 aromatic carbocycles. The molecule has 0 aliphatic heterocycles. The zero-order chi connectivity index (χ0) is 16.6. The van der Waals surface area contributed by atoms with Crippen molar-refractivity contribution in [3.63, 3.8) is 0 Å². The van der Waals surface area contributed by atoms with Crippen LogP contribution >= 0.6 is 0 Å². The van der Waals surface area contributed by atoms with E-state index in [0.717, 1.165) is 6.42 Å². The van der Waals surface area contributed by atoms with Gasteiger partial charge in [0.1, 0.15) is 12.2 Å². The van der Waals surface area contributed by atoms with E-state index in [4.69, 9.17) is 9.47 Å². The quantitative estimate of drug-likeness (QED) is 0.578. The summed E-state index contributed by atoms with van der Waals surface area (Å²) in [4.78, 5) is 23.4. The molecule has 21 heavy (non-hydrogen) atoms. The number of rotatable bonds is 7. The summed E-state index contributed by atoms with van der Waals surface area (Å²) in [7, 11) is 0. The number of ether oxygens (including phenoxy) is 2. The smallest absolute Gasteiger partial charge is 0.407 e. The van der Waals surface area contributed by atoms with Gasteiger partial charge in [-0.1, -0.05) is 27.7 Å². The number of alkyl carbamates (subject to hydrolysis) is 1. The monoisotopic (exact) mass is 301 g/mol. The van der Waals surface area contributed by atoms with Crippen molar-refractivity contribution in [3.8, 4) is 0 Å². The second-order valence-electron chi connectivity index (χ2n) is 7.08. The number of esters is 1. The van der Waals surface area contributed by atoms with E-state index in [1.807, 2.05) is 13.8 Å². The molecule has 5 heteroatoms. The molecule has 0 fully saturated rings. The van der Waals surface area contributed by atoms with Crippen LogP contribution in [-0.2, 0) is 14.3 Å². The highest BCUT2D eigenvalue weighted by Crippen LogP contribution is 2.21. The Morgan fingerprint density at radius 1 is 1.10 bits per heavy atom. The van der Waals surface area contributed by atoms with E-state index in [9.17, 15) is 9.59 Å². The van der Waals surface area contributed by atoms with E-state index < -0.39 is 11.7 Å². The summed E-state index contributed by atoms with van der Waals surface area (Å²) in [5, 5.41) is 2.57. The first-order chi connectivity index (χ1) is 9.53. The van der Waals surface area contributed by atoms with Gasteiger partial charge >= 0.3 is 12.1 Å². The van der Waals surface area contributed by atoms with Gasteiger partial charge in [0.15, 0.2) is 0 Å². The van der Waals surface area contributed by atoms with Gasteiger partial charge in [0.05, 0.1) is 12.5 Å². The third-order valence-corrected chi connectivity index (χ3v) is 2.85. The molecule has 1 amide bonds. The highest BCUT2D eigenvalue weighted by atomic mass is 16.6. The Bertz CT molecular complexity index is 332. The Kier molecular flexibility index (Phi) is 8.37. The van der Waals surface area contributed by atoms with Crippen LogP contribution in [0.1, 0.15) is 54.9 Å². The SMILES string of the molecule is CC(C)CC(C(=O)OCCNC(=O)OC(C)(C)C)C(C)C. The van der Waals surface area contributed by atoms with Crippen LogP contribution in [-0.4, -0.2) is 30.8 Å². The predicted molar refractivity (Wildman–Crippen MR) is 83.0 cm³/mol. The average molecular weight is 301 g/mol. The van der Waals surface area contributed by atoms with Crippen LogP contribution in [0.2, 0.25) is 0 Å². The minimum atomic E-state index is -0.527. The maximum atomic E-state index is 12.0. The summed E-state index contributed by atoms with van der Waals surface area (Å²) in [5.74, 6) is 0.416. The fourth-order valence-corrected chi connectivity index (χ4v) is 1.87. The number of nitrogens with one attached hydrogen (secondary N) is 1. The maximum Gasteiger partial charge on any atom is 0.407 e. The van der Waals surface area contributed by atoms with E-state index >= 15 is 0 Å². The Hall–Kier alpha value is -1.26. The van der Waals surface area contributed by atoms with Crippen molar-refractivity contribution in [1.82, 2.24) is 5.32 Å². The topological polar surface area (TPSA) is 64.6 Å². The van der Waals surface area contributed by atoms with Gasteiger partial charge in [0.25, 0.3) is 0 Å². The van der Waals surface area contributed by atoms with E-state index in [-0.39, 0.29) is 31.0 Å². The number of hydrogen-bond donors (Lipinski definition) is 1. The summed E-state index contributed by atoms with van der Waals surface area (Å²) in [6.07, 6.45) is 0.317. The second-order valence-corrected chi connectivity index (χ2v) is 7.08. The summed E-state index contributed by atoms with van der Waals surface area (Å²) in [5.41, 5.74) is -0.527. The lowest BCUT2D eigenvalue weighted by Crippen LogP contribution is -2.35. The van der Waals surface area contributed by atoms with Crippen molar-refractivity contribution in [3.05, 3.63) is 0 Å².